The van der Waals surface area contributed by atoms with Gasteiger partial charge in [0.05, 0.1) is 12.2 Å². The van der Waals surface area contributed by atoms with Gasteiger partial charge in [-0.1, -0.05) is 19.1 Å². The summed E-state index contributed by atoms with van der Waals surface area (Å²) in [6, 6.07) is 8.22. The summed E-state index contributed by atoms with van der Waals surface area (Å²) in [5.74, 6) is 1.34. The van der Waals surface area contributed by atoms with E-state index < -0.39 is 0 Å². The van der Waals surface area contributed by atoms with E-state index in [4.69, 9.17) is 15.2 Å². The van der Waals surface area contributed by atoms with Crippen LogP contribution < -0.4 is 10.5 Å². The molecule has 3 heteroatoms. The van der Waals surface area contributed by atoms with Crippen LogP contribution in [0.25, 0.3) is 0 Å². The largest absolute Gasteiger partial charge is 0.491 e. The molecule has 0 bridgehead atoms. The Morgan fingerprint density at radius 1 is 1.32 bits per heavy atom. The molecule has 1 saturated heterocycles. The summed E-state index contributed by atoms with van der Waals surface area (Å²) in [5.41, 5.74) is 7.57. The lowest BCUT2D eigenvalue weighted by molar-refractivity contribution is 0.0813. The molecule has 0 spiro atoms. The van der Waals surface area contributed by atoms with E-state index in [1.54, 1.807) is 0 Å². The first-order valence-electron chi connectivity index (χ1n) is 7.25. The highest BCUT2D eigenvalue weighted by molar-refractivity contribution is 5.29. The Morgan fingerprint density at radius 3 is 2.58 bits per heavy atom. The molecule has 0 saturated carbocycles. The van der Waals surface area contributed by atoms with E-state index in [1.165, 1.54) is 5.56 Å². The fourth-order valence-electron chi connectivity index (χ4n) is 2.78. The smallest absolute Gasteiger partial charge is 0.119 e. The highest BCUT2D eigenvalue weighted by Gasteiger charge is 2.32. The minimum absolute atomic E-state index is 0.0561. The first-order valence-corrected chi connectivity index (χ1v) is 7.25. The van der Waals surface area contributed by atoms with Gasteiger partial charge in [-0.2, -0.15) is 0 Å². The second kappa shape index (κ2) is 6.40. The van der Waals surface area contributed by atoms with Gasteiger partial charge in [-0.05, 0) is 44.4 Å². The van der Waals surface area contributed by atoms with Crippen molar-refractivity contribution in [2.45, 2.75) is 51.9 Å². The van der Waals surface area contributed by atoms with Gasteiger partial charge in [-0.15, -0.1) is 0 Å². The average Bonchev–Trinajstić information content (AvgIpc) is 2.86. The third-order valence-electron chi connectivity index (χ3n) is 3.76. The van der Waals surface area contributed by atoms with Gasteiger partial charge in [0, 0.05) is 18.6 Å². The molecule has 1 aromatic rings. The Morgan fingerprint density at radius 2 is 2.00 bits per heavy atom. The second-order valence-corrected chi connectivity index (χ2v) is 5.53. The predicted molar refractivity (Wildman–Crippen MR) is 77.3 cm³/mol. The zero-order chi connectivity index (χ0) is 13.8. The summed E-state index contributed by atoms with van der Waals surface area (Å²) in [6.45, 7) is 7.06. The molecule has 19 heavy (non-hydrogen) atoms. The molecule has 1 heterocycles. The molecule has 106 valence electrons. The normalized spacial score (nSPS) is 24.7. The molecule has 0 amide bonds. The molecule has 1 fully saturated rings. The number of hydrogen-bond donors (Lipinski definition) is 1. The Hall–Kier alpha value is -1.06. The zero-order valence-corrected chi connectivity index (χ0v) is 12.1. The van der Waals surface area contributed by atoms with Gasteiger partial charge in [0.25, 0.3) is 0 Å². The van der Waals surface area contributed by atoms with Gasteiger partial charge in [0.2, 0.25) is 0 Å². The van der Waals surface area contributed by atoms with Gasteiger partial charge in [0.1, 0.15) is 5.75 Å². The molecule has 0 radical (unpaired) electrons. The standard InChI is InChI=1S/C16H25NO2/c1-4-15-14(9-10-18-15)16(17)12-5-7-13(8-6-12)19-11(2)3/h5-8,11,14-16H,4,9-10,17H2,1-3H3. The van der Waals surface area contributed by atoms with Crippen LogP contribution in [0.3, 0.4) is 0 Å². The number of hydrogen-bond acceptors (Lipinski definition) is 3. The molecule has 1 aromatic carbocycles. The Labute approximate surface area is 116 Å². The third-order valence-corrected chi connectivity index (χ3v) is 3.76. The summed E-state index contributed by atoms with van der Waals surface area (Å²) >= 11 is 0. The Kier molecular flexibility index (Phi) is 4.83. The van der Waals surface area contributed by atoms with E-state index >= 15 is 0 Å². The van der Waals surface area contributed by atoms with Crippen molar-refractivity contribution in [1.29, 1.82) is 0 Å². The fourth-order valence-corrected chi connectivity index (χ4v) is 2.78. The maximum absolute atomic E-state index is 6.40. The maximum Gasteiger partial charge on any atom is 0.119 e. The van der Waals surface area contributed by atoms with E-state index in [2.05, 4.69) is 19.1 Å². The third kappa shape index (κ3) is 3.48. The predicted octanol–water partition coefficient (Wildman–Crippen LogP) is 3.29. The van der Waals surface area contributed by atoms with Gasteiger partial charge in [-0.25, -0.2) is 0 Å². The Bertz CT molecular complexity index is 388. The van der Waals surface area contributed by atoms with E-state index in [0.717, 1.165) is 25.2 Å². The molecule has 0 aliphatic carbocycles. The fraction of sp³-hybridized carbons (Fsp3) is 0.625. The first-order chi connectivity index (χ1) is 9.11. The molecule has 1 aliphatic rings. The van der Waals surface area contributed by atoms with Crippen LogP contribution in [0.4, 0.5) is 0 Å². The summed E-state index contributed by atoms with van der Waals surface area (Å²) in [4.78, 5) is 0. The second-order valence-electron chi connectivity index (χ2n) is 5.53. The van der Waals surface area contributed by atoms with E-state index in [9.17, 15) is 0 Å². The average molecular weight is 263 g/mol. The van der Waals surface area contributed by atoms with Gasteiger partial charge in [-0.3, -0.25) is 0 Å². The van der Waals surface area contributed by atoms with Crippen molar-refractivity contribution in [3.63, 3.8) is 0 Å². The van der Waals surface area contributed by atoms with Crippen LogP contribution in [0.5, 0.6) is 5.75 Å². The lowest BCUT2D eigenvalue weighted by Crippen LogP contribution is -2.27. The van der Waals surface area contributed by atoms with E-state index in [-0.39, 0.29) is 12.1 Å². The zero-order valence-electron chi connectivity index (χ0n) is 12.1. The maximum atomic E-state index is 6.40. The molecule has 2 rings (SSSR count). The summed E-state index contributed by atoms with van der Waals surface area (Å²) in [6.07, 6.45) is 2.60. The lowest BCUT2D eigenvalue weighted by Gasteiger charge is -2.24. The lowest BCUT2D eigenvalue weighted by atomic mass is 9.87. The summed E-state index contributed by atoms with van der Waals surface area (Å²) in [5, 5.41) is 0. The highest BCUT2D eigenvalue weighted by Crippen LogP contribution is 2.33. The topological polar surface area (TPSA) is 44.5 Å². The molecule has 3 nitrogen and oxygen atoms in total. The van der Waals surface area contributed by atoms with Crippen LogP contribution in [-0.2, 0) is 4.74 Å². The molecule has 3 unspecified atom stereocenters. The molecule has 1 aliphatic heterocycles. The van der Waals surface area contributed by atoms with Gasteiger partial charge < -0.3 is 15.2 Å². The van der Waals surface area contributed by atoms with Crippen LogP contribution in [-0.4, -0.2) is 18.8 Å². The number of rotatable bonds is 5. The van der Waals surface area contributed by atoms with Gasteiger partial charge >= 0.3 is 0 Å². The summed E-state index contributed by atoms with van der Waals surface area (Å²) in [7, 11) is 0. The molecular formula is C16H25NO2. The number of nitrogens with two attached hydrogens (primary N) is 1. The first kappa shape index (κ1) is 14.4. The van der Waals surface area contributed by atoms with Crippen LogP contribution in [0.2, 0.25) is 0 Å². The SMILES string of the molecule is CCC1OCCC1C(N)c1ccc(OC(C)C)cc1. The molecule has 3 atom stereocenters. The molecule has 2 N–H and O–H groups in total. The van der Waals surface area contributed by atoms with Crippen LogP contribution in [0, 0.1) is 5.92 Å². The molecular weight excluding hydrogens is 238 g/mol. The van der Waals surface area contributed by atoms with Crippen LogP contribution in [0.1, 0.15) is 45.2 Å². The minimum Gasteiger partial charge on any atom is -0.491 e. The minimum atomic E-state index is 0.0561. The Balaban J connectivity index is 2.04. The van der Waals surface area contributed by atoms with Crippen molar-refractivity contribution in [2.75, 3.05) is 6.61 Å². The van der Waals surface area contributed by atoms with Gasteiger partial charge in [0.15, 0.2) is 0 Å². The van der Waals surface area contributed by atoms with Crippen LogP contribution >= 0.6 is 0 Å². The van der Waals surface area contributed by atoms with Crippen molar-refractivity contribution >= 4 is 0 Å². The monoisotopic (exact) mass is 263 g/mol. The molecule has 0 aromatic heterocycles. The van der Waals surface area contributed by atoms with Crippen molar-refractivity contribution < 1.29 is 9.47 Å². The van der Waals surface area contributed by atoms with Crippen molar-refractivity contribution in [3.05, 3.63) is 29.8 Å². The van der Waals surface area contributed by atoms with E-state index in [0.29, 0.717) is 12.0 Å². The summed E-state index contributed by atoms with van der Waals surface area (Å²) < 4.78 is 11.4. The highest BCUT2D eigenvalue weighted by atomic mass is 16.5. The van der Waals surface area contributed by atoms with Crippen molar-refractivity contribution in [1.82, 2.24) is 0 Å². The number of benzene rings is 1. The van der Waals surface area contributed by atoms with E-state index in [1.807, 2.05) is 26.0 Å². The van der Waals surface area contributed by atoms with Crippen molar-refractivity contribution in [2.24, 2.45) is 11.7 Å². The van der Waals surface area contributed by atoms with Crippen LogP contribution in [0.15, 0.2) is 24.3 Å². The quantitative estimate of drug-likeness (QED) is 0.886. The van der Waals surface area contributed by atoms with Crippen molar-refractivity contribution in [3.8, 4) is 5.75 Å². The number of ether oxygens (including phenoxy) is 2.